The van der Waals surface area contributed by atoms with E-state index in [-0.39, 0.29) is 24.0 Å². The first kappa shape index (κ1) is 27.1. The highest BCUT2D eigenvalue weighted by Crippen LogP contribution is 2.32. The van der Waals surface area contributed by atoms with Crippen LogP contribution in [0.5, 0.6) is 0 Å². The Balaban J connectivity index is 0.00000363. The van der Waals surface area contributed by atoms with Gasteiger partial charge in [0.15, 0.2) is 5.96 Å². The number of alkyl halides is 3. The number of aliphatic imine (C=N–C) groups is 1. The van der Waals surface area contributed by atoms with E-state index >= 15 is 0 Å². The molecule has 3 rings (SSSR count). The molecule has 2 unspecified atom stereocenters. The number of halogens is 4. The van der Waals surface area contributed by atoms with Gasteiger partial charge >= 0.3 is 6.18 Å². The van der Waals surface area contributed by atoms with E-state index in [2.05, 4.69) is 39.0 Å². The summed E-state index contributed by atoms with van der Waals surface area (Å²) in [5, 5.41) is 3.45. The Hall–Kier alpha value is -1.11. The van der Waals surface area contributed by atoms with Gasteiger partial charge in [-0.1, -0.05) is 19.1 Å². The molecular formula is C22H35F3IN5O. The van der Waals surface area contributed by atoms with E-state index in [0.29, 0.717) is 31.2 Å². The Morgan fingerprint density at radius 2 is 1.94 bits per heavy atom. The maximum Gasteiger partial charge on any atom is 0.416 e. The monoisotopic (exact) mass is 569 g/mol. The Morgan fingerprint density at radius 3 is 2.59 bits per heavy atom. The molecule has 0 aromatic heterocycles. The third-order valence-electron chi connectivity index (χ3n) is 5.94. The van der Waals surface area contributed by atoms with Crippen molar-refractivity contribution in [2.45, 2.75) is 19.2 Å². The number of ether oxygens (including phenoxy) is 1. The lowest BCUT2D eigenvalue weighted by Gasteiger charge is -2.36. The van der Waals surface area contributed by atoms with Gasteiger partial charge in [-0.25, -0.2) is 0 Å². The molecule has 2 fully saturated rings. The van der Waals surface area contributed by atoms with Crippen LogP contribution in [0.3, 0.4) is 0 Å². The minimum Gasteiger partial charge on any atom is -0.370 e. The van der Waals surface area contributed by atoms with Gasteiger partial charge < -0.3 is 24.8 Å². The van der Waals surface area contributed by atoms with Crippen LogP contribution in [0, 0.1) is 5.92 Å². The predicted octanol–water partition coefficient (Wildman–Crippen LogP) is 3.16. The van der Waals surface area contributed by atoms with Gasteiger partial charge in [0.2, 0.25) is 0 Å². The quantitative estimate of drug-likeness (QED) is 0.336. The zero-order chi connectivity index (χ0) is 22.4. The molecule has 2 aliphatic rings. The van der Waals surface area contributed by atoms with Gasteiger partial charge in [0.1, 0.15) is 6.10 Å². The average molecular weight is 569 g/mol. The number of nitrogens with one attached hydrogen (secondary N) is 1. The maximum atomic E-state index is 13.1. The van der Waals surface area contributed by atoms with E-state index in [1.165, 1.54) is 12.1 Å². The summed E-state index contributed by atoms with van der Waals surface area (Å²) in [6.07, 6.45) is -4.78. The number of benzene rings is 1. The highest BCUT2D eigenvalue weighted by atomic mass is 127. The minimum absolute atomic E-state index is 0. The molecule has 0 radical (unpaired) electrons. The summed E-state index contributed by atoms with van der Waals surface area (Å²) >= 11 is 0. The number of guanidine groups is 1. The van der Waals surface area contributed by atoms with E-state index < -0.39 is 17.8 Å². The fourth-order valence-electron chi connectivity index (χ4n) is 4.09. The van der Waals surface area contributed by atoms with E-state index in [4.69, 9.17) is 4.74 Å². The van der Waals surface area contributed by atoms with Crippen molar-refractivity contribution in [2.75, 3.05) is 73.1 Å². The van der Waals surface area contributed by atoms with Crippen LogP contribution in [0.1, 0.15) is 24.2 Å². The lowest BCUT2D eigenvalue weighted by atomic mass is 10.0. The van der Waals surface area contributed by atoms with Crippen molar-refractivity contribution >= 4 is 29.9 Å². The summed E-state index contributed by atoms with van der Waals surface area (Å²) in [6, 6.07) is 5.40. The van der Waals surface area contributed by atoms with E-state index in [0.717, 1.165) is 51.3 Å². The molecule has 0 saturated carbocycles. The number of piperazine rings is 1. The van der Waals surface area contributed by atoms with Gasteiger partial charge in [0, 0.05) is 52.9 Å². The molecule has 2 saturated heterocycles. The van der Waals surface area contributed by atoms with Crippen molar-refractivity contribution in [1.29, 1.82) is 0 Å². The Morgan fingerprint density at radius 1 is 1.22 bits per heavy atom. The number of likely N-dealkylation sites (N-methyl/N-ethyl adjacent to an activating group) is 1. The summed E-state index contributed by atoms with van der Waals surface area (Å²) in [7, 11) is 3.89. The number of hydrogen-bond donors (Lipinski definition) is 1. The molecule has 1 aromatic carbocycles. The van der Waals surface area contributed by atoms with Crippen molar-refractivity contribution in [3.05, 3.63) is 35.4 Å². The topological polar surface area (TPSA) is 43.3 Å². The molecule has 32 heavy (non-hydrogen) atoms. The number of hydrogen-bond acceptors (Lipinski definition) is 4. The van der Waals surface area contributed by atoms with Crippen LogP contribution in [-0.2, 0) is 10.9 Å². The van der Waals surface area contributed by atoms with Crippen molar-refractivity contribution in [3.8, 4) is 0 Å². The minimum atomic E-state index is -4.36. The first-order valence-electron chi connectivity index (χ1n) is 10.9. The highest BCUT2D eigenvalue weighted by Gasteiger charge is 2.32. The summed E-state index contributed by atoms with van der Waals surface area (Å²) in [4.78, 5) is 11.3. The Bertz CT molecular complexity index is 741. The summed E-state index contributed by atoms with van der Waals surface area (Å²) < 4.78 is 45.0. The van der Waals surface area contributed by atoms with E-state index in [9.17, 15) is 13.2 Å². The molecule has 10 heteroatoms. The third kappa shape index (κ3) is 7.74. The molecule has 0 aliphatic carbocycles. The standard InChI is InChI=1S/C22H34F3N5O.HI/c1-17(15-29-9-7-28(3)8-10-29)14-27-21(26-2)30-11-12-31-20(16-30)18-5-4-6-19(13-18)22(23,24)25;/h4-6,13,17,20H,7-12,14-16H2,1-3H3,(H,26,27);1H. The van der Waals surface area contributed by atoms with Gasteiger partial charge in [0.05, 0.1) is 18.7 Å². The van der Waals surface area contributed by atoms with Crippen LogP contribution in [0.15, 0.2) is 29.3 Å². The van der Waals surface area contributed by atoms with Crippen molar-refractivity contribution in [3.63, 3.8) is 0 Å². The molecular weight excluding hydrogens is 534 g/mol. The van der Waals surface area contributed by atoms with Crippen LogP contribution in [-0.4, -0.2) is 93.7 Å². The molecule has 0 bridgehead atoms. The highest BCUT2D eigenvalue weighted by molar-refractivity contribution is 14.0. The molecule has 1 N–H and O–H groups in total. The van der Waals surface area contributed by atoms with Crippen molar-refractivity contribution < 1.29 is 17.9 Å². The van der Waals surface area contributed by atoms with Gasteiger partial charge in [-0.2, -0.15) is 13.2 Å². The zero-order valence-corrected chi connectivity index (χ0v) is 21.4. The lowest BCUT2D eigenvalue weighted by Crippen LogP contribution is -2.50. The zero-order valence-electron chi connectivity index (χ0n) is 19.1. The van der Waals surface area contributed by atoms with Gasteiger partial charge in [-0.3, -0.25) is 4.99 Å². The number of rotatable bonds is 5. The molecule has 1 aromatic rings. The Labute approximate surface area is 206 Å². The van der Waals surface area contributed by atoms with E-state index in [1.807, 2.05) is 0 Å². The second kappa shape index (κ2) is 12.4. The largest absolute Gasteiger partial charge is 0.416 e. The molecule has 2 heterocycles. The van der Waals surface area contributed by atoms with Crippen molar-refractivity contribution in [1.82, 2.24) is 20.0 Å². The molecule has 2 atom stereocenters. The van der Waals surface area contributed by atoms with Gasteiger partial charge in [-0.05, 0) is 30.7 Å². The first-order valence-corrected chi connectivity index (χ1v) is 10.9. The van der Waals surface area contributed by atoms with Crippen LogP contribution in [0.4, 0.5) is 13.2 Å². The third-order valence-corrected chi connectivity index (χ3v) is 5.94. The number of nitrogens with zero attached hydrogens (tertiary/aromatic N) is 4. The van der Waals surface area contributed by atoms with E-state index in [1.54, 1.807) is 13.1 Å². The van der Waals surface area contributed by atoms with Crippen molar-refractivity contribution in [2.24, 2.45) is 10.9 Å². The van der Waals surface area contributed by atoms with Crippen LogP contribution < -0.4 is 5.32 Å². The maximum absolute atomic E-state index is 13.1. The van der Waals surface area contributed by atoms with Crippen LogP contribution in [0.25, 0.3) is 0 Å². The summed E-state index contributed by atoms with van der Waals surface area (Å²) in [5.74, 6) is 1.23. The summed E-state index contributed by atoms with van der Waals surface area (Å²) in [5.41, 5.74) is -0.107. The molecule has 0 spiro atoms. The second-order valence-corrected chi connectivity index (χ2v) is 8.57. The molecule has 182 valence electrons. The smallest absolute Gasteiger partial charge is 0.370 e. The predicted molar refractivity (Wildman–Crippen MR) is 132 cm³/mol. The van der Waals surface area contributed by atoms with Gasteiger partial charge in [-0.15, -0.1) is 24.0 Å². The lowest BCUT2D eigenvalue weighted by molar-refractivity contribution is -0.137. The molecule has 6 nitrogen and oxygen atoms in total. The first-order chi connectivity index (χ1) is 14.8. The average Bonchev–Trinajstić information content (AvgIpc) is 2.75. The molecule has 2 aliphatic heterocycles. The second-order valence-electron chi connectivity index (χ2n) is 8.57. The SMILES string of the molecule is CN=C(NCC(C)CN1CCN(C)CC1)N1CCOC(c2cccc(C(F)(F)F)c2)C1.I. The Kier molecular flexibility index (Phi) is 10.5. The summed E-state index contributed by atoms with van der Waals surface area (Å²) in [6.45, 7) is 10.0. The fourth-order valence-corrected chi connectivity index (χ4v) is 4.09. The van der Waals surface area contributed by atoms with Crippen LogP contribution in [0.2, 0.25) is 0 Å². The fraction of sp³-hybridized carbons (Fsp3) is 0.682. The molecule has 0 amide bonds. The normalized spacial score (nSPS) is 22.4. The van der Waals surface area contributed by atoms with Crippen LogP contribution >= 0.6 is 24.0 Å². The number of morpholine rings is 1. The van der Waals surface area contributed by atoms with Gasteiger partial charge in [0.25, 0.3) is 0 Å².